The summed E-state index contributed by atoms with van der Waals surface area (Å²) in [6.07, 6.45) is 17.7. The van der Waals surface area contributed by atoms with Crippen molar-refractivity contribution in [3.63, 3.8) is 0 Å². The molecule has 0 saturated carbocycles. The zero-order valence-electron chi connectivity index (χ0n) is 8.89. The molecular formula is C13H16N2+2. The monoisotopic (exact) mass is 200 g/mol. The van der Waals surface area contributed by atoms with E-state index in [1.54, 1.807) is 0 Å². The molecule has 0 N–H and O–H groups in total. The molecule has 0 unspecified atom stereocenters. The fraction of sp³-hybridized carbons (Fsp3) is 0.385. The minimum absolute atomic E-state index is 1.08. The number of hydrogen-bond acceptors (Lipinski definition) is 2. The van der Waals surface area contributed by atoms with Gasteiger partial charge in [0, 0.05) is 18.8 Å². The first-order chi connectivity index (χ1) is 7.45. The van der Waals surface area contributed by atoms with Crippen LogP contribution in [0.4, 0.5) is 0 Å². The van der Waals surface area contributed by atoms with Crippen molar-refractivity contribution in [1.29, 1.82) is 0 Å². The third-order valence-electron chi connectivity index (χ3n) is 2.65. The summed E-state index contributed by atoms with van der Waals surface area (Å²) in [5, 5.41) is 0. The Hall–Kier alpha value is -1.44. The average molecular weight is 200 g/mol. The second-order valence-corrected chi connectivity index (χ2v) is 3.90. The Labute approximate surface area is 91.5 Å². The summed E-state index contributed by atoms with van der Waals surface area (Å²) < 4.78 is 0. The van der Waals surface area contributed by atoms with Crippen LogP contribution in [-0.2, 0) is 0 Å². The molecule has 0 saturated heterocycles. The van der Waals surface area contributed by atoms with Crippen LogP contribution in [0.15, 0.2) is 34.5 Å². The zero-order valence-corrected chi connectivity index (χ0v) is 8.89. The summed E-state index contributed by atoms with van der Waals surface area (Å²) in [5.74, 6) is 2.89. The average Bonchev–Trinajstić information content (AvgIpc) is 2.32. The van der Waals surface area contributed by atoms with Gasteiger partial charge in [-0.25, -0.2) is 9.98 Å². The molecule has 2 nitrogen and oxygen atoms in total. The van der Waals surface area contributed by atoms with Gasteiger partial charge in [-0.1, -0.05) is 0 Å². The normalized spacial score (nSPS) is 18.9. The second-order valence-electron chi connectivity index (χ2n) is 3.90. The lowest BCUT2D eigenvalue weighted by Gasteiger charge is -2.02. The predicted molar refractivity (Wildman–Crippen MR) is 64.8 cm³/mol. The minimum Gasteiger partial charge on any atom is -0.222 e. The molecule has 0 aromatic heterocycles. The molecule has 0 aromatic rings. The number of nitrogens with zero attached hydrogens (tertiary/aromatic N) is 2. The molecule has 0 radical (unpaired) electrons. The molecule has 0 aromatic carbocycles. The smallest absolute Gasteiger partial charge is 0.187 e. The Balaban J connectivity index is 1.62. The third kappa shape index (κ3) is 3.31. The molecule has 15 heavy (non-hydrogen) atoms. The van der Waals surface area contributed by atoms with Crippen molar-refractivity contribution in [3.8, 4) is 0 Å². The van der Waals surface area contributed by atoms with Crippen LogP contribution in [0, 0.1) is 11.8 Å². The van der Waals surface area contributed by atoms with E-state index in [2.05, 4.69) is 22.1 Å². The molecular weight excluding hydrogens is 184 g/mol. The molecule has 0 fully saturated rings. The fourth-order valence-electron chi connectivity index (χ4n) is 1.81. The predicted octanol–water partition coefficient (Wildman–Crippen LogP) is 3.28. The standard InChI is InChI=1S/C13H16N2/c1(4-12-6-2-8-14-10-12)5-13-7-3-9-15-11-13/h2-3,8-11H,1,4-7H2/q+2. The molecule has 2 heteroatoms. The SMILES string of the molecule is C1=CN=C[C+](CCC[C+]2C=NC=CC2)C1. The highest BCUT2D eigenvalue weighted by Crippen LogP contribution is 2.21. The molecule has 0 spiro atoms. The summed E-state index contributed by atoms with van der Waals surface area (Å²) in [7, 11) is 0. The third-order valence-corrected chi connectivity index (χ3v) is 2.65. The molecule has 0 amide bonds. The minimum atomic E-state index is 1.08. The first kappa shape index (κ1) is 10.1. The van der Waals surface area contributed by atoms with E-state index in [9.17, 15) is 0 Å². The molecule has 2 heterocycles. The highest BCUT2D eigenvalue weighted by Gasteiger charge is 2.22. The fourth-order valence-corrected chi connectivity index (χ4v) is 1.81. The lowest BCUT2D eigenvalue weighted by molar-refractivity contribution is 0.724. The number of allylic oxidation sites excluding steroid dienone is 2. The Kier molecular flexibility index (Phi) is 3.66. The van der Waals surface area contributed by atoms with Crippen molar-refractivity contribution in [2.75, 3.05) is 0 Å². The molecule has 0 bridgehead atoms. The van der Waals surface area contributed by atoms with E-state index in [0.29, 0.717) is 0 Å². The maximum atomic E-state index is 4.14. The highest BCUT2D eigenvalue weighted by molar-refractivity contribution is 5.77. The summed E-state index contributed by atoms with van der Waals surface area (Å²) >= 11 is 0. The van der Waals surface area contributed by atoms with Crippen LogP contribution < -0.4 is 0 Å². The van der Waals surface area contributed by atoms with Gasteiger partial charge in [-0.15, -0.1) is 0 Å². The van der Waals surface area contributed by atoms with Crippen molar-refractivity contribution in [1.82, 2.24) is 0 Å². The first-order valence-corrected chi connectivity index (χ1v) is 5.51. The van der Waals surface area contributed by atoms with Crippen molar-refractivity contribution in [3.05, 3.63) is 36.4 Å². The zero-order chi connectivity index (χ0) is 10.3. The van der Waals surface area contributed by atoms with E-state index in [4.69, 9.17) is 0 Å². The number of hydrogen-bond donors (Lipinski definition) is 0. The number of aliphatic imine (C=N–C) groups is 2. The molecule has 2 rings (SSSR count). The van der Waals surface area contributed by atoms with Gasteiger partial charge in [-0.3, -0.25) is 0 Å². The van der Waals surface area contributed by atoms with Gasteiger partial charge in [0.15, 0.2) is 12.4 Å². The lowest BCUT2D eigenvalue weighted by Crippen LogP contribution is -2.04. The van der Waals surface area contributed by atoms with E-state index >= 15 is 0 Å². The van der Waals surface area contributed by atoms with Crippen molar-refractivity contribution < 1.29 is 0 Å². The summed E-state index contributed by atoms with van der Waals surface area (Å²) in [6.45, 7) is 0. The van der Waals surface area contributed by atoms with Crippen LogP contribution in [0.2, 0.25) is 0 Å². The first-order valence-electron chi connectivity index (χ1n) is 5.51. The van der Waals surface area contributed by atoms with Gasteiger partial charge >= 0.3 is 0 Å². The Morgan fingerprint density at radius 3 is 1.80 bits per heavy atom. The van der Waals surface area contributed by atoms with E-state index < -0.39 is 0 Å². The van der Waals surface area contributed by atoms with Gasteiger partial charge in [-0.05, 0) is 12.2 Å². The van der Waals surface area contributed by atoms with Crippen LogP contribution in [0.5, 0.6) is 0 Å². The van der Waals surface area contributed by atoms with E-state index in [1.165, 1.54) is 18.3 Å². The van der Waals surface area contributed by atoms with Crippen LogP contribution in [0.1, 0.15) is 32.1 Å². The summed E-state index contributed by atoms with van der Waals surface area (Å²) in [5.41, 5.74) is 0. The van der Waals surface area contributed by atoms with E-state index in [0.717, 1.165) is 25.7 Å². The Morgan fingerprint density at radius 1 is 0.867 bits per heavy atom. The van der Waals surface area contributed by atoms with E-state index in [-0.39, 0.29) is 0 Å². The molecule has 2 aliphatic heterocycles. The largest absolute Gasteiger partial charge is 0.222 e. The van der Waals surface area contributed by atoms with Crippen LogP contribution in [0.3, 0.4) is 0 Å². The van der Waals surface area contributed by atoms with Crippen LogP contribution in [-0.4, -0.2) is 12.4 Å². The molecule has 0 aliphatic carbocycles. The quantitative estimate of drug-likeness (QED) is 0.622. The molecule has 76 valence electrons. The van der Waals surface area contributed by atoms with Gasteiger partial charge in [0.25, 0.3) is 0 Å². The topological polar surface area (TPSA) is 24.7 Å². The van der Waals surface area contributed by atoms with Gasteiger partial charge in [-0.2, -0.15) is 0 Å². The molecule has 2 aliphatic rings. The van der Waals surface area contributed by atoms with Crippen LogP contribution in [0.25, 0.3) is 0 Å². The summed E-state index contributed by atoms with van der Waals surface area (Å²) in [6, 6.07) is 0. The van der Waals surface area contributed by atoms with Gasteiger partial charge in [0.1, 0.15) is 37.5 Å². The highest BCUT2D eigenvalue weighted by atomic mass is 14.7. The summed E-state index contributed by atoms with van der Waals surface area (Å²) in [4.78, 5) is 8.27. The van der Waals surface area contributed by atoms with Crippen LogP contribution >= 0.6 is 0 Å². The Bertz CT molecular complexity index is 270. The van der Waals surface area contributed by atoms with Gasteiger partial charge < -0.3 is 0 Å². The maximum Gasteiger partial charge on any atom is 0.187 e. The second kappa shape index (κ2) is 5.44. The van der Waals surface area contributed by atoms with Gasteiger partial charge in [0.2, 0.25) is 0 Å². The van der Waals surface area contributed by atoms with Crippen molar-refractivity contribution in [2.24, 2.45) is 9.98 Å². The van der Waals surface area contributed by atoms with Crippen molar-refractivity contribution in [2.45, 2.75) is 32.1 Å². The van der Waals surface area contributed by atoms with E-state index in [1.807, 2.05) is 24.8 Å². The van der Waals surface area contributed by atoms with Crippen molar-refractivity contribution >= 4 is 12.4 Å². The number of rotatable bonds is 4. The Morgan fingerprint density at radius 2 is 1.40 bits per heavy atom. The lowest BCUT2D eigenvalue weighted by atomic mass is 9.93. The maximum absolute atomic E-state index is 4.14. The molecule has 0 atom stereocenters. The van der Waals surface area contributed by atoms with Gasteiger partial charge in [0.05, 0.1) is 0 Å².